The summed E-state index contributed by atoms with van der Waals surface area (Å²) < 4.78 is 7.92. The van der Waals surface area contributed by atoms with Gasteiger partial charge in [-0.15, -0.1) is 0 Å². The van der Waals surface area contributed by atoms with Crippen molar-refractivity contribution >= 4 is 5.91 Å². The predicted molar refractivity (Wildman–Crippen MR) is 106 cm³/mol. The number of fused-ring (bicyclic) bond motifs is 1. The summed E-state index contributed by atoms with van der Waals surface area (Å²) in [4.78, 5) is 20.8. The maximum absolute atomic E-state index is 13.7. The van der Waals surface area contributed by atoms with Gasteiger partial charge in [0.25, 0.3) is 5.91 Å². The summed E-state index contributed by atoms with van der Waals surface area (Å²) in [7, 11) is 0. The Hall–Kier alpha value is -2.14. The highest BCUT2D eigenvalue weighted by Crippen LogP contribution is 2.49. The number of imidazole rings is 1. The van der Waals surface area contributed by atoms with Gasteiger partial charge < -0.3 is 14.2 Å². The topological polar surface area (TPSA) is 47.4 Å². The van der Waals surface area contributed by atoms with Gasteiger partial charge in [0.2, 0.25) is 0 Å². The van der Waals surface area contributed by atoms with Crippen molar-refractivity contribution in [3.05, 3.63) is 41.7 Å². The Morgan fingerprint density at radius 1 is 1.04 bits per heavy atom. The molecule has 0 radical (unpaired) electrons. The van der Waals surface area contributed by atoms with Crippen molar-refractivity contribution in [2.24, 2.45) is 17.8 Å². The number of nitrogens with zero attached hydrogens (tertiary/aromatic N) is 3. The number of aromatic nitrogens is 2. The van der Waals surface area contributed by atoms with Crippen molar-refractivity contribution in [2.45, 2.75) is 51.3 Å². The number of hydrogen-bond donors (Lipinski definition) is 0. The van der Waals surface area contributed by atoms with Gasteiger partial charge in [0.05, 0.1) is 18.9 Å². The molecule has 2 aliphatic heterocycles. The highest BCUT2D eigenvalue weighted by Gasteiger charge is 2.48. The molecule has 1 amide bonds. The maximum atomic E-state index is 13.7. The number of ether oxygens (including phenoxy) is 1. The Morgan fingerprint density at radius 3 is 2.57 bits per heavy atom. The van der Waals surface area contributed by atoms with Gasteiger partial charge in [0, 0.05) is 24.7 Å². The smallest absolute Gasteiger partial charge is 0.274 e. The van der Waals surface area contributed by atoms with E-state index >= 15 is 0 Å². The second-order valence-corrected chi connectivity index (χ2v) is 9.00. The fourth-order valence-corrected chi connectivity index (χ4v) is 5.28. The predicted octanol–water partition coefficient (Wildman–Crippen LogP) is 3.73. The van der Waals surface area contributed by atoms with Gasteiger partial charge in [-0.1, -0.05) is 30.3 Å². The van der Waals surface area contributed by atoms with Crippen LogP contribution in [0.1, 0.15) is 48.3 Å². The van der Waals surface area contributed by atoms with E-state index in [2.05, 4.69) is 21.6 Å². The van der Waals surface area contributed by atoms with Crippen LogP contribution in [0.4, 0.5) is 0 Å². The zero-order valence-electron chi connectivity index (χ0n) is 16.2. The van der Waals surface area contributed by atoms with E-state index in [1.807, 2.05) is 18.2 Å². The number of likely N-dealkylation sites (tertiary alicyclic amines) is 1. The lowest BCUT2D eigenvalue weighted by molar-refractivity contribution is 0.0676. The number of rotatable bonds is 4. The third-order valence-corrected chi connectivity index (χ3v) is 7.10. The third-order valence-electron chi connectivity index (χ3n) is 7.10. The first-order valence-corrected chi connectivity index (χ1v) is 10.8. The number of carbonyl (C=O) groups is 1. The lowest BCUT2D eigenvalue weighted by atomic mass is 9.98. The minimum absolute atomic E-state index is 0.136. The van der Waals surface area contributed by atoms with Crippen LogP contribution in [-0.4, -0.2) is 39.6 Å². The molecule has 5 nitrogen and oxygen atoms in total. The van der Waals surface area contributed by atoms with Gasteiger partial charge in [0.15, 0.2) is 5.69 Å². The molecule has 0 spiro atoms. The van der Waals surface area contributed by atoms with Crippen LogP contribution in [0.5, 0.6) is 0 Å². The molecule has 0 bridgehead atoms. The molecule has 28 heavy (non-hydrogen) atoms. The van der Waals surface area contributed by atoms with E-state index in [1.165, 1.54) is 32.1 Å². The van der Waals surface area contributed by atoms with Crippen LogP contribution in [0.25, 0.3) is 11.4 Å². The summed E-state index contributed by atoms with van der Waals surface area (Å²) in [5, 5.41) is 0. The average molecular weight is 377 g/mol. The largest absolute Gasteiger partial charge is 0.373 e. The molecule has 2 atom stereocenters. The molecular weight excluding hydrogens is 350 g/mol. The summed E-state index contributed by atoms with van der Waals surface area (Å²) in [5.74, 6) is 3.33. The fraction of sp³-hybridized carbons (Fsp3) is 0.565. The molecule has 5 heteroatoms. The van der Waals surface area contributed by atoms with Crippen LogP contribution in [0.15, 0.2) is 30.3 Å². The molecule has 2 saturated carbocycles. The molecular formula is C23H27N3O2. The Kier molecular flexibility index (Phi) is 3.86. The van der Waals surface area contributed by atoms with Crippen LogP contribution in [0, 0.1) is 17.8 Å². The summed E-state index contributed by atoms with van der Waals surface area (Å²) in [6.07, 6.45) is 6.49. The zero-order chi connectivity index (χ0) is 18.7. The van der Waals surface area contributed by atoms with E-state index in [1.54, 1.807) is 0 Å². The van der Waals surface area contributed by atoms with E-state index in [9.17, 15) is 4.79 Å². The Balaban J connectivity index is 1.37. The third kappa shape index (κ3) is 2.79. The fourth-order valence-electron chi connectivity index (χ4n) is 5.28. The summed E-state index contributed by atoms with van der Waals surface area (Å²) >= 11 is 0. The number of amides is 1. The van der Waals surface area contributed by atoms with E-state index in [-0.39, 0.29) is 5.91 Å². The summed E-state index contributed by atoms with van der Waals surface area (Å²) in [5.41, 5.74) is 2.65. The lowest BCUT2D eigenvalue weighted by Crippen LogP contribution is -2.38. The normalized spacial score (nSPS) is 27.1. The van der Waals surface area contributed by atoms with Gasteiger partial charge in [-0.3, -0.25) is 4.79 Å². The highest BCUT2D eigenvalue weighted by atomic mass is 16.5. The molecule has 1 aromatic heterocycles. The highest BCUT2D eigenvalue weighted by molar-refractivity contribution is 5.95. The van der Waals surface area contributed by atoms with Crippen molar-refractivity contribution < 1.29 is 9.53 Å². The summed E-state index contributed by atoms with van der Waals surface area (Å²) in [6, 6.07) is 10.7. The molecule has 1 saturated heterocycles. The second-order valence-electron chi connectivity index (χ2n) is 9.00. The van der Waals surface area contributed by atoms with Gasteiger partial charge in [-0.2, -0.15) is 0 Å². The van der Waals surface area contributed by atoms with Crippen molar-refractivity contribution in [2.75, 3.05) is 13.2 Å². The Labute approximate surface area is 165 Å². The molecule has 2 aromatic rings. The van der Waals surface area contributed by atoms with Crippen molar-refractivity contribution in [3.8, 4) is 11.4 Å². The maximum Gasteiger partial charge on any atom is 0.274 e. The molecule has 4 aliphatic rings. The average Bonchev–Trinajstić information content (AvgIpc) is 3.68. The van der Waals surface area contributed by atoms with E-state index < -0.39 is 0 Å². The standard InChI is InChI=1S/C23H27N3O2/c27-23(26-13-18(15-6-7-15)12-19(26)16-8-9-16)21-20-14-28-11-10-25(20)22(24-21)17-4-2-1-3-5-17/h1-5,15-16,18-19H,6-14H2/t18-,19-/m1/s1. The first-order chi connectivity index (χ1) is 13.8. The van der Waals surface area contributed by atoms with Crippen LogP contribution in [0.3, 0.4) is 0 Å². The molecule has 146 valence electrons. The van der Waals surface area contributed by atoms with Crippen LogP contribution >= 0.6 is 0 Å². The number of hydrogen-bond acceptors (Lipinski definition) is 3. The quantitative estimate of drug-likeness (QED) is 0.816. The SMILES string of the molecule is O=C(c1nc(-c2ccccc2)n2c1COCC2)N1C[C@H](C2CC2)C[C@@H]1C1CC1. The Bertz CT molecular complexity index is 898. The molecule has 0 N–H and O–H groups in total. The van der Waals surface area contributed by atoms with Gasteiger partial charge >= 0.3 is 0 Å². The van der Waals surface area contributed by atoms with Crippen molar-refractivity contribution in [1.82, 2.24) is 14.5 Å². The second kappa shape index (κ2) is 6.45. The first-order valence-electron chi connectivity index (χ1n) is 10.8. The number of benzene rings is 1. The van der Waals surface area contributed by atoms with Crippen LogP contribution in [0.2, 0.25) is 0 Å². The van der Waals surface area contributed by atoms with Gasteiger partial charge in [-0.25, -0.2) is 4.98 Å². The molecule has 6 rings (SSSR count). The van der Waals surface area contributed by atoms with Gasteiger partial charge in [0.1, 0.15) is 5.82 Å². The van der Waals surface area contributed by atoms with E-state index in [0.717, 1.165) is 42.0 Å². The first kappa shape index (κ1) is 16.8. The molecule has 3 heterocycles. The van der Waals surface area contributed by atoms with E-state index in [0.29, 0.717) is 30.9 Å². The molecule has 0 unspecified atom stereocenters. The molecule has 1 aromatic carbocycles. The molecule has 3 fully saturated rings. The van der Waals surface area contributed by atoms with Crippen molar-refractivity contribution in [1.29, 1.82) is 0 Å². The Morgan fingerprint density at radius 2 is 1.82 bits per heavy atom. The van der Waals surface area contributed by atoms with Crippen molar-refractivity contribution in [3.63, 3.8) is 0 Å². The van der Waals surface area contributed by atoms with Crippen LogP contribution in [-0.2, 0) is 17.9 Å². The van der Waals surface area contributed by atoms with Crippen LogP contribution < -0.4 is 0 Å². The van der Waals surface area contributed by atoms with Gasteiger partial charge in [-0.05, 0) is 49.9 Å². The van der Waals surface area contributed by atoms with E-state index in [4.69, 9.17) is 9.72 Å². The lowest BCUT2D eigenvalue weighted by Gasteiger charge is -2.25. The monoisotopic (exact) mass is 377 g/mol. The zero-order valence-corrected chi connectivity index (χ0v) is 16.2. The molecule has 2 aliphatic carbocycles. The number of carbonyl (C=O) groups excluding carboxylic acids is 1. The minimum Gasteiger partial charge on any atom is -0.373 e. The minimum atomic E-state index is 0.136. The summed E-state index contributed by atoms with van der Waals surface area (Å²) in [6.45, 7) is 2.85.